The van der Waals surface area contributed by atoms with Crippen LogP contribution >= 0.6 is 0 Å². The highest BCUT2D eigenvalue weighted by molar-refractivity contribution is 6.07. The van der Waals surface area contributed by atoms with Crippen LogP contribution < -0.4 is 10.6 Å². The zero-order chi connectivity index (χ0) is 14.2. The number of hydrogen-bond donors (Lipinski definition) is 1. The van der Waals surface area contributed by atoms with Crippen LogP contribution in [0.3, 0.4) is 0 Å². The molecule has 5 nitrogen and oxygen atoms in total. The number of benzene rings is 1. The maximum atomic E-state index is 12.4. The fourth-order valence-electron chi connectivity index (χ4n) is 2.09. The van der Waals surface area contributed by atoms with Gasteiger partial charge in [-0.1, -0.05) is 6.07 Å². The Labute approximate surface area is 112 Å². The van der Waals surface area contributed by atoms with E-state index in [1.807, 2.05) is 26.0 Å². The number of amides is 1. The number of nitrogens with two attached hydrogens (primary N) is 1. The Morgan fingerprint density at radius 1 is 1.26 bits per heavy atom. The molecule has 0 unspecified atom stereocenters. The number of nitrogen functional groups attached to an aromatic ring is 1. The predicted molar refractivity (Wildman–Crippen MR) is 76.3 cm³/mol. The van der Waals surface area contributed by atoms with E-state index in [1.54, 1.807) is 25.2 Å². The first-order valence-electron chi connectivity index (χ1n) is 6.04. The standard InChI is InChI=1S/C14H18N4O/c1-9-5-10(2)7-11(6-9)18(4)14(19)13-12(15)8-17(3)16-13/h5-8H,15H2,1-4H3. The van der Waals surface area contributed by atoms with Gasteiger partial charge in [-0.25, -0.2) is 0 Å². The molecule has 0 aliphatic carbocycles. The molecule has 0 bridgehead atoms. The van der Waals surface area contributed by atoms with Gasteiger partial charge < -0.3 is 10.6 Å². The van der Waals surface area contributed by atoms with Crippen molar-refractivity contribution in [1.82, 2.24) is 9.78 Å². The molecule has 2 aromatic rings. The highest BCUT2D eigenvalue weighted by Gasteiger charge is 2.19. The Morgan fingerprint density at radius 2 is 1.84 bits per heavy atom. The minimum absolute atomic E-state index is 0.205. The van der Waals surface area contributed by atoms with Crippen molar-refractivity contribution in [2.75, 3.05) is 17.7 Å². The monoisotopic (exact) mass is 258 g/mol. The third-order valence-corrected chi connectivity index (χ3v) is 2.96. The molecular weight excluding hydrogens is 240 g/mol. The number of anilines is 2. The normalized spacial score (nSPS) is 10.5. The smallest absolute Gasteiger partial charge is 0.280 e. The predicted octanol–water partition coefficient (Wildman–Crippen LogP) is 1.90. The molecule has 1 amide bonds. The lowest BCUT2D eigenvalue weighted by Crippen LogP contribution is -2.27. The van der Waals surface area contributed by atoms with E-state index in [9.17, 15) is 4.79 Å². The summed E-state index contributed by atoms with van der Waals surface area (Å²) in [5, 5.41) is 4.10. The molecule has 1 aromatic heterocycles. The number of carbonyl (C=O) groups is 1. The van der Waals surface area contributed by atoms with Gasteiger partial charge in [-0.15, -0.1) is 0 Å². The van der Waals surface area contributed by atoms with Gasteiger partial charge in [0.05, 0.1) is 5.69 Å². The van der Waals surface area contributed by atoms with E-state index in [-0.39, 0.29) is 11.6 Å². The molecule has 0 saturated carbocycles. The van der Waals surface area contributed by atoms with E-state index in [0.717, 1.165) is 16.8 Å². The van der Waals surface area contributed by atoms with Crippen LogP contribution in [-0.4, -0.2) is 22.7 Å². The van der Waals surface area contributed by atoms with Crippen LogP contribution in [0.5, 0.6) is 0 Å². The Bertz CT molecular complexity index is 610. The van der Waals surface area contributed by atoms with Crippen LogP contribution in [0.4, 0.5) is 11.4 Å². The maximum Gasteiger partial charge on any atom is 0.280 e. The SMILES string of the molecule is Cc1cc(C)cc(N(C)C(=O)c2nn(C)cc2N)c1. The second kappa shape index (κ2) is 4.76. The fraction of sp³-hybridized carbons (Fsp3) is 0.286. The minimum Gasteiger partial charge on any atom is -0.396 e. The molecular formula is C14H18N4O. The molecule has 0 atom stereocenters. The summed E-state index contributed by atoms with van der Waals surface area (Å²) >= 11 is 0. The molecule has 1 aromatic carbocycles. The fourth-order valence-corrected chi connectivity index (χ4v) is 2.09. The molecule has 100 valence electrons. The van der Waals surface area contributed by atoms with Crippen LogP contribution in [0.1, 0.15) is 21.6 Å². The number of nitrogens with zero attached hydrogens (tertiary/aromatic N) is 3. The van der Waals surface area contributed by atoms with Gasteiger partial charge in [0, 0.05) is 26.0 Å². The zero-order valence-corrected chi connectivity index (χ0v) is 11.6. The molecule has 0 fully saturated rings. The second-order valence-electron chi connectivity index (χ2n) is 4.82. The van der Waals surface area contributed by atoms with Gasteiger partial charge in [0.15, 0.2) is 5.69 Å². The number of rotatable bonds is 2. The summed E-state index contributed by atoms with van der Waals surface area (Å²) < 4.78 is 1.54. The Morgan fingerprint density at radius 3 is 2.32 bits per heavy atom. The van der Waals surface area contributed by atoms with Crippen molar-refractivity contribution in [3.05, 3.63) is 41.2 Å². The van der Waals surface area contributed by atoms with Crippen LogP contribution in [0.15, 0.2) is 24.4 Å². The van der Waals surface area contributed by atoms with Gasteiger partial charge in [-0.2, -0.15) is 5.10 Å². The lowest BCUT2D eigenvalue weighted by Gasteiger charge is -2.17. The molecule has 5 heteroatoms. The van der Waals surface area contributed by atoms with Crippen LogP contribution in [0.25, 0.3) is 0 Å². The van der Waals surface area contributed by atoms with Gasteiger partial charge in [0.2, 0.25) is 0 Å². The molecule has 0 aliphatic heterocycles. The zero-order valence-electron chi connectivity index (χ0n) is 11.6. The molecule has 0 radical (unpaired) electrons. The lowest BCUT2D eigenvalue weighted by molar-refractivity contribution is 0.0988. The average Bonchev–Trinajstić information content (AvgIpc) is 2.65. The largest absolute Gasteiger partial charge is 0.396 e. The third kappa shape index (κ3) is 2.59. The number of carbonyl (C=O) groups excluding carboxylic acids is 1. The first kappa shape index (κ1) is 13.1. The summed E-state index contributed by atoms with van der Waals surface area (Å²) in [4.78, 5) is 13.9. The van der Waals surface area contributed by atoms with Crippen molar-refractivity contribution < 1.29 is 4.79 Å². The first-order chi connectivity index (χ1) is 8.88. The van der Waals surface area contributed by atoms with Crippen molar-refractivity contribution in [1.29, 1.82) is 0 Å². The van der Waals surface area contributed by atoms with E-state index in [4.69, 9.17) is 5.73 Å². The van der Waals surface area contributed by atoms with Crippen molar-refractivity contribution in [2.45, 2.75) is 13.8 Å². The highest BCUT2D eigenvalue weighted by atomic mass is 16.2. The Balaban J connectivity index is 2.36. The number of aromatic nitrogens is 2. The van der Waals surface area contributed by atoms with E-state index >= 15 is 0 Å². The Hall–Kier alpha value is -2.30. The average molecular weight is 258 g/mol. The van der Waals surface area contributed by atoms with E-state index in [2.05, 4.69) is 11.2 Å². The van der Waals surface area contributed by atoms with E-state index < -0.39 is 0 Å². The summed E-state index contributed by atoms with van der Waals surface area (Å²) in [5.41, 5.74) is 9.53. The number of aryl methyl sites for hydroxylation is 3. The summed E-state index contributed by atoms with van der Waals surface area (Å²) in [6, 6.07) is 5.99. The van der Waals surface area contributed by atoms with Crippen molar-refractivity contribution in [3.8, 4) is 0 Å². The molecule has 1 heterocycles. The summed E-state index contributed by atoms with van der Waals surface area (Å²) in [6.07, 6.45) is 1.63. The van der Waals surface area contributed by atoms with Crippen LogP contribution in [0.2, 0.25) is 0 Å². The van der Waals surface area contributed by atoms with Gasteiger partial charge in [-0.05, 0) is 37.1 Å². The molecule has 2 N–H and O–H groups in total. The van der Waals surface area contributed by atoms with Crippen molar-refractivity contribution in [2.24, 2.45) is 7.05 Å². The second-order valence-corrected chi connectivity index (χ2v) is 4.82. The molecule has 2 rings (SSSR count). The van der Waals surface area contributed by atoms with Gasteiger partial charge in [0.1, 0.15) is 0 Å². The topological polar surface area (TPSA) is 64.2 Å². The Kier molecular flexibility index (Phi) is 3.29. The third-order valence-electron chi connectivity index (χ3n) is 2.96. The lowest BCUT2D eigenvalue weighted by atomic mass is 10.1. The first-order valence-corrected chi connectivity index (χ1v) is 6.04. The van der Waals surface area contributed by atoms with Gasteiger partial charge in [-0.3, -0.25) is 9.48 Å². The number of hydrogen-bond acceptors (Lipinski definition) is 3. The van der Waals surface area contributed by atoms with Gasteiger partial charge >= 0.3 is 0 Å². The van der Waals surface area contributed by atoms with Crippen LogP contribution in [-0.2, 0) is 7.05 Å². The van der Waals surface area contributed by atoms with Crippen LogP contribution in [0, 0.1) is 13.8 Å². The molecule has 0 spiro atoms. The quantitative estimate of drug-likeness (QED) is 0.894. The highest BCUT2D eigenvalue weighted by Crippen LogP contribution is 2.20. The van der Waals surface area contributed by atoms with E-state index in [0.29, 0.717) is 5.69 Å². The molecule has 19 heavy (non-hydrogen) atoms. The summed E-state index contributed by atoms with van der Waals surface area (Å²) in [5.74, 6) is -0.205. The molecule has 0 saturated heterocycles. The summed E-state index contributed by atoms with van der Waals surface area (Å²) in [7, 11) is 3.47. The van der Waals surface area contributed by atoms with E-state index in [1.165, 1.54) is 4.68 Å². The minimum atomic E-state index is -0.205. The van der Waals surface area contributed by atoms with Crippen molar-refractivity contribution in [3.63, 3.8) is 0 Å². The van der Waals surface area contributed by atoms with Gasteiger partial charge in [0.25, 0.3) is 5.91 Å². The molecule has 0 aliphatic rings. The van der Waals surface area contributed by atoms with Crippen molar-refractivity contribution >= 4 is 17.3 Å². The summed E-state index contributed by atoms with van der Waals surface area (Å²) in [6.45, 7) is 4.01. The maximum absolute atomic E-state index is 12.4.